The molecule has 1 fully saturated rings. The van der Waals surface area contributed by atoms with E-state index < -0.39 is 4.92 Å². The summed E-state index contributed by atoms with van der Waals surface area (Å²) in [6, 6.07) is 4.25. The first-order chi connectivity index (χ1) is 9.49. The van der Waals surface area contributed by atoms with Gasteiger partial charge in [0.2, 0.25) is 0 Å². The molecule has 0 radical (unpaired) electrons. The number of nitro groups is 1. The van der Waals surface area contributed by atoms with Crippen LogP contribution in [0.4, 0.5) is 5.69 Å². The molecule has 108 valence electrons. The number of hydrogen-bond donors (Lipinski definition) is 2. The lowest BCUT2D eigenvalue weighted by molar-refractivity contribution is -0.385. The van der Waals surface area contributed by atoms with Crippen molar-refractivity contribution >= 4 is 27.5 Å². The molecule has 1 aromatic rings. The molecule has 7 heteroatoms. The molecule has 2 rings (SSSR count). The zero-order valence-corrected chi connectivity index (χ0v) is 12.3. The second kappa shape index (κ2) is 6.32. The van der Waals surface area contributed by atoms with Gasteiger partial charge >= 0.3 is 0 Å². The molecule has 2 N–H and O–H groups in total. The van der Waals surface area contributed by atoms with Gasteiger partial charge in [-0.15, -0.1) is 0 Å². The maximum atomic E-state index is 12.0. The molecule has 0 saturated heterocycles. The number of aliphatic hydroxyl groups excluding tert-OH is 1. The highest BCUT2D eigenvalue weighted by Gasteiger charge is 2.25. The number of benzene rings is 1. The third-order valence-corrected chi connectivity index (χ3v) is 4.22. The van der Waals surface area contributed by atoms with E-state index in [9.17, 15) is 20.0 Å². The summed E-state index contributed by atoms with van der Waals surface area (Å²) in [6.45, 7) is 0.393. The topological polar surface area (TPSA) is 92.5 Å². The first kappa shape index (κ1) is 14.9. The minimum atomic E-state index is -0.540. The summed E-state index contributed by atoms with van der Waals surface area (Å²) in [5, 5.41) is 23.2. The summed E-state index contributed by atoms with van der Waals surface area (Å²) in [6.07, 6.45) is 2.26. The van der Waals surface area contributed by atoms with E-state index in [1.54, 1.807) is 0 Å². The van der Waals surface area contributed by atoms with Crippen LogP contribution in [0, 0.1) is 16.0 Å². The normalized spacial score (nSPS) is 21.7. The molecule has 0 heterocycles. The Morgan fingerprint density at radius 1 is 1.50 bits per heavy atom. The zero-order chi connectivity index (χ0) is 14.7. The van der Waals surface area contributed by atoms with Crippen LogP contribution in [-0.2, 0) is 0 Å². The van der Waals surface area contributed by atoms with Crippen molar-refractivity contribution in [2.75, 3.05) is 6.54 Å². The summed E-state index contributed by atoms with van der Waals surface area (Å²) in [5.41, 5.74) is 0.103. The monoisotopic (exact) mass is 342 g/mol. The number of nitrogens with zero attached hydrogens (tertiary/aromatic N) is 1. The van der Waals surface area contributed by atoms with Gasteiger partial charge in [-0.3, -0.25) is 14.9 Å². The quantitative estimate of drug-likeness (QED) is 0.648. The van der Waals surface area contributed by atoms with Crippen LogP contribution in [-0.4, -0.2) is 28.6 Å². The maximum Gasteiger partial charge on any atom is 0.284 e. The molecule has 2 unspecified atom stereocenters. The van der Waals surface area contributed by atoms with E-state index in [4.69, 9.17) is 0 Å². The fourth-order valence-electron chi connectivity index (χ4n) is 2.38. The number of nitrogens with one attached hydrogen (secondary N) is 1. The Morgan fingerprint density at radius 2 is 2.25 bits per heavy atom. The summed E-state index contributed by atoms with van der Waals surface area (Å²) in [5.74, 6) is -0.288. The van der Waals surface area contributed by atoms with Gasteiger partial charge in [0, 0.05) is 24.1 Å². The average Bonchev–Trinajstić information content (AvgIpc) is 2.81. The number of carbonyl (C=O) groups is 1. The average molecular weight is 343 g/mol. The number of hydrogen-bond acceptors (Lipinski definition) is 4. The fourth-order valence-corrected chi connectivity index (χ4v) is 2.77. The van der Waals surface area contributed by atoms with Gasteiger partial charge in [-0.05, 0) is 40.9 Å². The first-order valence-electron chi connectivity index (χ1n) is 6.39. The molecule has 1 aliphatic carbocycles. The number of amides is 1. The Balaban J connectivity index is 2.02. The summed E-state index contributed by atoms with van der Waals surface area (Å²) in [7, 11) is 0. The lowest BCUT2D eigenvalue weighted by Gasteiger charge is -2.15. The minimum Gasteiger partial charge on any atom is -0.393 e. The molecular formula is C13H15BrN2O4. The van der Waals surface area contributed by atoms with Crippen LogP contribution in [0.1, 0.15) is 29.6 Å². The largest absolute Gasteiger partial charge is 0.393 e. The van der Waals surface area contributed by atoms with E-state index in [0.717, 1.165) is 19.3 Å². The molecule has 0 spiro atoms. The molecule has 1 amide bonds. The smallest absolute Gasteiger partial charge is 0.284 e. The van der Waals surface area contributed by atoms with Crippen LogP contribution in [0.3, 0.4) is 0 Å². The van der Waals surface area contributed by atoms with Crippen molar-refractivity contribution in [1.29, 1.82) is 0 Å². The zero-order valence-electron chi connectivity index (χ0n) is 10.7. The Kier molecular flexibility index (Phi) is 4.72. The number of aliphatic hydroxyl groups is 1. The van der Waals surface area contributed by atoms with Crippen molar-refractivity contribution in [3.8, 4) is 0 Å². The van der Waals surface area contributed by atoms with Crippen molar-refractivity contribution in [3.05, 3.63) is 38.3 Å². The standard InChI is InChI=1S/C13H15BrN2O4/c14-10-5-4-8(6-11(10)16(19)20)13(18)15-7-9-2-1-3-12(9)17/h4-6,9,12,17H,1-3,7H2,(H,15,18). The van der Waals surface area contributed by atoms with Crippen molar-refractivity contribution < 1.29 is 14.8 Å². The number of carbonyl (C=O) groups excluding carboxylic acids is 1. The van der Waals surface area contributed by atoms with Crippen molar-refractivity contribution in [2.24, 2.45) is 5.92 Å². The molecule has 1 saturated carbocycles. The van der Waals surface area contributed by atoms with Crippen molar-refractivity contribution in [1.82, 2.24) is 5.32 Å². The van der Waals surface area contributed by atoms with E-state index in [1.165, 1.54) is 18.2 Å². The number of nitro benzene ring substituents is 1. The van der Waals surface area contributed by atoms with Crippen LogP contribution in [0.25, 0.3) is 0 Å². The summed E-state index contributed by atoms with van der Waals surface area (Å²) < 4.78 is 0.338. The van der Waals surface area contributed by atoms with Gasteiger partial charge in [0.15, 0.2) is 0 Å². The Bertz CT molecular complexity index is 535. The van der Waals surface area contributed by atoms with E-state index in [1.807, 2.05) is 0 Å². The maximum absolute atomic E-state index is 12.0. The first-order valence-corrected chi connectivity index (χ1v) is 7.18. The lowest BCUT2D eigenvalue weighted by Crippen LogP contribution is -2.32. The molecule has 0 bridgehead atoms. The minimum absolute atomic E-state index is 0.0735. The van der Waals surface area contributed by atoms with Gasteiger partial charge in [-0.25, -0.2) is 0 Å². The SMILES string of the molecule is O=C(NCC1CCCC1O)c1ccc(Br)c([N+](=O)[O-])c1. The van der Waals surface area contributed by atoms with Crippen molar-refractivity contribution in [3.63, 3.8) is 0 Å². The predicted molar refractivity (Wildman–Crippen MR) is 76.5 cm³/mol. The second-order valence-corrected chi connectivity index (χ2v) is 5.75. The Labute approximate surface area is 124 Å². The summed E-state index contributed by atoms with van der Waals surface area (Å²) >= 11 is 3.07. The van der Waals surface area contributed by atoms with E-state index in [2.05, 4.69) is 21.2 Å². The number of rotatable bonds is 4. The van der Waals surface area contributed by atoms with Crippen LogP contribution >= 0.6 is 15.9 Å². The van der Waals surface area contributed by atoms with Crippen LogP contribution < -0.4 is 5.32 Å². The highest BCUT2D eigenvalue weighted by Crippen LogP contribution is 2.26. The summed E-state index contributed by atoms with van der Waals surface area (Å²) in [4.78, 5) is 22.2. The molecular weight excluding hydrogens is 328 g/mol. The third-order valence-electron chi connectivity index (χ3n) is 3.55. The third kappa shape index (κ3) is 3.34. The van der Waals surface area contributed by atoms with Gasteiger partial charge in [0.1, 0.15) is 0 Å². The molecule has 2 atom stereocenters. The highest BCUT2D eigenvalue weighted by atomic mass is 79.9. The van der Waals surface area contributed by atoms with E-state index in [0.29, 0.717) is 11.0 Å². The lowest BCUT2D eigenvalue weighted by atomic mass is 10.1. The Hall–Kier alpha value is -1.47. The molecule has 0 aromatic heterocycles. The van der Waals surface area contributed by atoms with Crippen LogP contribution in [0.15, 0.2) is 22.7 Å². The number of halogens is 1. The van der Waals surface area contributed by atoms with Gasteiger partial charge in [-0.1, -0.05) is 6.42 Å². The second-order valence-electron chi connectivity index (χ2n) is 4.89. The van der Waals surface area contributed by atoms with Gasteiger partial charge in [-0.2, -0.15) is 0 Å². The molecule has 1 aromatic carbocycles. The van der Waals surface area contributed by atoms with Gasteiger partial charge < -0.3 is 10.4 Å². The fraction of sp³-hybridized carbons (Fsp3) is 0.462. The van der Waals surface area contributed by atoms with Crippen LogP contribution in [0.2, 0.25) is 0 Å². The molecule has 1 aliphatic rings. The molecule has 6 nitrogen and oxygen atoms in total. The molecule has 20 heavy (non-hydrogen) atoms. The van der Waals surface area contributed by atoms with Crippen molar-refractivity contribution in [2.45, 2.75) is 25.4 Å². The highest BCUT2D eigenvalue weighted by molar-refractivity contribution is 9.10. The molecule has 0 aliphatic heterocycles. The van der Waals surface area contributed by atoms with Gasteiger partial charge in [0.05, 0.1) is 15.5 Å². The predicted octanol–water partition coefficient (Wildman–Crippen LogP) is 2.25. The van der Waals surface area contributed by atoms with Gasteiger partial charge in [0.25, 0.3) is 11.6 Å². The van der Waals surface area contributed by atoms with E-state index in [-0.39, 0.29) is 29.2 Å². The van der Waals surface area contributed by atoms with E-state index >= 15 is 0 Å². The Morgan fingerprint density at radius 3 is 2.85 bits per heavy atom. The van der Waals surface area contributed by atoms with Crippen LogP contribution in [0.5, 0.6) is 0 Å².